The zero-order chi connectivity index (χ0) is 10.5. The van der Waals surface area contributed by atoms with Gasteiger partial charge in [-0.25, -0.2) is 0 Å². The maximum Gasteiger partial charge on any atom is 0.240 e. The molecule has 16 heavy (non-hydrogen) atoms. The van der Waals surface area contributed by atoms with Gasteiger partial charge in [-0.05, 0) is 24.5 Å². The van der Waals surface area contributed by atoms with Crippen LogP contribution >= 0.6 is 12.4 Å². The average Bonchev–Trinajstić information content (AvgIpc) is 2.98. The first-order valence-electron chi connectivity index (χ1n) is 5.37. The predicted molar refractivity (Wildman–Crippen MR) is 66.0 cm³/mol. The molecule has 3 rings (SSSR count). The van der Waals surface area contributed by atoms with Crippen LogP contribution in [0, 0.1) is 0 Å². The van der Waals surface area contributed by atoms with Crippen LogP contribution in [0.2, 0.25) is 0 Å². The van der Waals surface area contributed by atoms with E-state index >= 15 is 0 Å². The molecule has 0 bridgehead atoms. The molecule has 1 aromatic carbocycles. The van der Waals surface area contributed by atoms with E-state index in [-0.39, 0.29) is 30.3 Å². The minimum absolute atomic E-state index is 0. The lowest BCUT2D eigenvalue weighted by Crippen LogP contribution is -2.36. The zero-order valence-electron chi connectivity index (χ0n) is 8.98. The van der Waals surface area contributed by atoms with Crippen molar-refractivity contribution in [3.05, 3.63) is 29.8 Å². The highest BCUT2D eigenvalue weighted by Gasteiger charge is 2.52. The summed E-state index contributed by atoms with van der Waals surface area (Å²) in [6, 6.07) is 8.20. The highest BCUT2D eigenvalue weighted by molar-refractivity contribution is 5.97. The van der Waals surface area contributed by atoms with Crippen molar-refractivity contribution in [1.29, 1.82) is 0 Å². The Labute approximate surface area is 101 Å². The number of hydrogen-bond acceptors (Lipinski definition) is 2. The standard InChI is InChI=1S/C12H14N2O.ClH/c13-7-11(15)14-8-12(5-6-12)9-3-1-2-4-10(9)14;/h1-4H,5-8,13H2;1H. The van der Waals surface area contributed by atoms with E-state index in [0.717, 1.165) is 12.2 Å². The van der Waals surface area contributed by atoms with Gasteiger partial charge < -0.3 is 10.6 Å². The Morgan fingerprint density at radius 2 is 2.06 bits per heavy atom. The van der Waals surface area contributed by atoms with Crippen molar-refractivity contribution in [2.24, 2.45) is 5.73 Å². The van der Waals surface area contributed by atoms with Crippen molar-refractivity contribution in [1.82, 2.24) is 0 Å². The van der Waals surface area contributed by atoms with Gasteiger partial charge in [-0.1, -0.05) is 18.2 Å². The number of benzene rings is 1. The second-order valence-electron chi connectivity index (χ2n) is 4.48. The van der Waals surface area contributed by atoms with Crippen molar-refractivity contribution in [2.45, 2.75) is 18.3 Å². The van der Waals surface area contributed by atoms with Crippen molar-refractivity contribution in [3.8, 4) is 0 Å². The maximum atomic E-state index is 11.7. The Bertz CT molecular complexity index is 429. The fourth-order valence-corrected chi connectivity index (χ4v) is 2.54. The first-order chi connectivity index (χ1) is 7.27. The molecule has 1 heterocycles. The smallest absolute Gasteiger partial charge is 0.240 e. The molecule has 1 amide bonds. The molecule has 1 fully saturated rings. The van der Waals surface area contributed by atoms with Gasteiger partial charge in [0.1, 0.15) is 0 Å². The average molecular weight is 239 g/mol. The molecule has 0 unspecified atom stereocenters. The minimum Gasteiger partial charge on any atom is -0.322 e. The minimum atomic E-state index is 0. The molecular formula is C12H15ClN2O. The summed E-state index contributed by atoms with van der Waals surface area (Å²) in [7, 11) is 0. The molecule has 0 radical (unpaired) electrons. The topological polar surface area (TPSA) is 46.3 Å². The predicted octanol–water partition coefficient (Wildman–Crippen LogP) is 1.45. The Kier molecular flexibility index (Phi) is 2.68. The lowest BCUT2D eigenvalue weighted by atomic mass is 9.99. The fraction of sp³-hybridized carbons (Fsp3) is 0.417. The molecule has 2 N–H and O–H groups in total. The van der Waals surface area contributed by atoms with Crippen LogP contribution in [-0.2, 0) is 10.2 Å². The number of hydrogen-bond donors (Lipinski definition) is 1. The van der Waals surface area contributed by atoms with Gasteiger partial charge in [0, 0.05) is 17.6 Å². The summed E-state index contributed by atoms with van der Waals surface area (Å²) in [6.07, 6.45) is 2.41. The van der Waals surface area contributed by atoms with Crippen LogP contribution in [-0.4, -0.2) is 19.0 Å². The largest absolute Gasteiger partial charge is 0.322 e. The summed E-state index contributed by atoms with van der Waals surface area (Å²) in [4.78, 5) is 13.5. The van der Waals surface area contributed by atoms with E-state index in [0.29, 0.717) is 0 Å². The number of fused-ring (bicyclic) bond motifs is 2. The molecule has 4 heteroatoms. The van der Waals surface area contributed by atoms with E-state index in [1.165, 1.54) is 18.4 Å². The third-order valence-electron chi connectivity index (χ3n) is 3.56. The Hall–Kier alpha value is -1.06. The number of halogens is 1. The zero-order valence-corrected chi connectivity index (χ0v) is 9.80. The van der Waals surface area contributed by atoms with Gasteiger partial charge in [-0.2, -0.15) is 0 Å². The van der Waals surface area contributed by atoms with E-state index in [9.17, 15) is 4.79 Å². The number of anilines is 1. The lowest BCUT2D eigenvalue weighted by molar-refractivity contribution is -0.117. The lowest BCUT2D eigenvalue weighted by Gasteiger charge is -2.16. The summed E-state index contributed by atoms with van der Waals surface area (Å²) in [6.45, 7) is 0.937. The number of amides is 1. The first kappa shape index (κ1) is 11.4. The van der Waals surface area contributed by atoms with Crippen LogP contribution in [0.15, 0.2) is 24.3 Å². The molecule has 86 valence electrons. The second-order valence-corrected chi connectivity index (χ2v) is 4.48. The first-order valence-corrected chi connectivity index (χ1v) is 5.37. The molecule has 0 saturated heterocycles. The van der Waals surface area contributed by atoms with Gasteiger partial charge in [0.25, 0.3) is 0 Å². The Morgan fingerprint density at radius 1 is 1.38 bits per heavy atom. The molecule has 1 aliphatic heterocycles. The molecule has 1 aliphatic carbocycles. The van der Waals surface area contributed by atoms with Crippen molar-refractivity contribution in [2.75, 3.05) is 18.0 Å². The van der Waals surface area contributed by atoms with Crippen LogP contribution in [0.5, 0.6) is 0 Å². The van der Waals surface area contributed by atoms with Gasteiger partial charge in [0.05, 0.1) is 6.54 Å². The number of carbonyl (C=O) groups is 1. The molecule has 1 saturated carbocycles. The maximum absolute atomic E-state index is 11.7. The Morgan fingerprint density at radius 3 is 2.69 bits per heavy atom. The van der Waals surface area contributed by atoms with E-state index in [1.54, 1.807) is 0 Å². The number of nitrogens with zero attached hydrogens (tertiary/aromatic N) is 1. The summed E-state index contributed by atoms with van der Waals surface area (Å²) < 4.78 is 0. The van der Waals surface area contributed by atoms with Gasteiger partial charge in [-0.3, -0.25) is 4.79 Å². The van der Waals surface area contributed by atoms with Crippen LogP contribution < -0.4 is 10.6 Å². The Balaban J connectivity index is 0.000000963. The van der Waals surface area contributed by atoms with Crippen LogP contribution in [0.3, 0.4) is 0 Å². The van der Waals surface area contributed by atoms with E-state index in [4.69, 9.17) is 5.73 Å². The highest BCUT2D eigenvalue weighted by atomic mass is 35.5. The molecular weight excluding hydrogens is 224 g/mol. The summed E-state index contributed by atoms with van der Waals surface area (Å²) in [5.74, 6) is 0.0335. The third kappa shape index (κ3) is 1.43. The molecule has 0 aromatic heterocycles. The van der Waals surface area contributed by atoms with Gasteiger partial charge in [0.2, 0.25) is 5.91 Å². The van der Waals surface area contributed by atoms with Crippen molar-refractivity contribution < 1.29 is 4.79 Å². The molecule has 1 spiro atoms. The van der Waals surface area contributed by atoms with E-state index in [1.807, 2.05) is 17.0 Å². The third-order valence-corrected chi connectivity index (χ3v) is 3.56. The molecule has 1 aromatic rings. The summed E-state index contributed by atoms with van der Waals surface area (Å²) in [5, 5.41) is 0. The number of nitrogens with two attached hydrogens (primary N) is 1. The summed E-state index contributed by atoms with van der Waals surface area (Å²) in [5.41, 5.74) is 8.12. The van der Waals surface area contributed by atoms with Gasteiger partial charge >= 0.3 is 0 Å². The van der Waals surface area contributed by atoms with Gasteiger partial charge in [0.15, 0.2) is 0 Å². The quantitative estimate of drug-likeness (QED) is 0.805. The molecule has 3 nitrogen and oxygen atoms in total. The fourth-order valence-electron chi connectivity index (χ4n) is 2.54. The van der Waals surface area contributed by atoms with E-state index < -0.39 is 0 Å². The number of rotatable bonds is 1. The number of carbonyl (C=O) groups excluding carboxylic acids is 1. The molecule has 0 atom stereocenters. The van der Waals surface area contributed by atoms with E-state index in [2.05, 4.69) is 12.1 Å². The second kappa shape index (κ2) is 3.75. The van der Waals surface area contributed by atoms with Crippen LogP contribution in [0.4, 0.5) is 5.69 Å². The monoisotopic (exact) mass is 238 g/mol. The van der Waals surface area contributed by atoms with Crippen molar-refractivity contribution in [3.63, 3.8) is 0 Å². The highest BCUT2D eigenvalue weighted by Crippen LogP contribution is 2.56. The van der Waals surface area contributed by atoms with Crippen LogP contribution in [0.25, 0.3) is 0 Å². The number of para-hydroxylation sites is 1. The summed E-state index contributed by atoms with van der Waals surface area (Å²) >= 11 is 0. The SMILES string of the molecule is Cl.NCC(=O)N1CC2(CC2)c2ccccc21. The van der Waals surface area contributed by atoms with Crippen molar-refractivity contribution >= 4 is 24.0 Å². The van der Waals surface area contributed by atoms with Gasteiger partial charge in [-0.15, -0.1) is 12.4 Å². The van der Waals surface area contributed by atoms with Crippen LogP contribution in [0.1, 0.15) is 18.4 Å². The molecule has 2 aliphatic rings. The normalized spacial score (nSPS) is 19.2.